The van der Waals surface area contributed by atoms with Crippen LogP contribution in [0.1, 0.15) is 47.2 Å². The van der Waals surface area contributed by atoms with Crippen molar-refractivity contribution in [3.63, 3.8) is 0 Å². The van der Waals surface area contributed by atoms with E-state index in [1.165, 1.54) is 5.56 Å². The molecule has 1 spiro atoms. The Bertz CT molecular complexity index is 939. The zero-order chi connectivity index (χ0) is 19.8. The molecular formula is C24H27N3O2. The highest BCUT2D eigenvalue weighted by atomic mass is 16.2. The normalized spacial score (nSPS) is 24.6. The van der Waals surface area contributed by atoms with Crippen molar-refractivity contribution in [2.24, 2.45) is 0 Å². The number of amides is 2. The Labute approximate surface area is 171 Å². The van der Waals surface area contributed by atoms with Crippen molar-refractivity contribution in [2.45, 2.75) is 44.2 Å². The summed E-state index contributed by atoms with van der Waals surface area (Å²) in [4.78, 5) is 29.0. The molecule has 0 aliphatic carbocycles. The van der Waals surface area contributed by atoms with Crippen LogP contribution >= 0.6 is 0 Å². The van der Waals surface area contributed by atoms with E-state index in [2.05, 4.69) is 40.5 Å². The molecule has 29 heavy (non-hydrogen) atoms. The molecular weight excluding hydrogens is 362 g/mol. The summed E-state index contributed by atoms with van der Waals surface area (Å²) >= 11 is 0. The average Bonchev–Trinajstić information content (AvgIpc) is 3.30. The fraction of sp³-hybridized carbons (Fsp3) is 0.417. The molecule has 0 aromatic heterocycles. The van der Waals surface area contributed by atoms with Crippen molar-refractivity contribution >= 4 is 17.5 Å². The molecule has 3 heterocycles. The van der Waals surface area contributed by atoms with Gasteiger partial charge in [0.2, 0.25) is 5.91 Å². The number of nitrogens with one attached hydrogen (secondary N) is 1. The molecule has 0 radical (unpaired) electrons. The van der Waals surface area contributed by atoms with Crippen LogP contribution in [0.25, 0.3) is 0 Å². The number of carbonyl (C=O) groups is 2. The first-order valence-electron chi connectivity index (χ1n) is 10.6. The lowest BCUT2D eigenvalue weighted by Gasteiger charge is -2.29. The van der Waals surface area contributed by atoms with Crippen molar-refractivity contribution in [2.75, 3.05) is 24.5 Å². The fourth-order valence-electron chi connectivity index (χ4n) is 5.06. The summed E-state index contributed by atoms with van der Waals surface area (Å²) in [5.74, 6) is 0.295. The Morgan fingerprint density at radius 3 is 2.55 bits per heavy atom. The van der Waals surface area contributed by atoms with Crippen LogP contribution in [-0.4, -0.2) is 41.9 Å². The number of hydrogen-bond acceptors (Lipinski definition) is 3. The Morgan fingerprint density at radius 1 is 0.931 bits per heavy atom. The van der Waals surface area contributed by atoms with Gasteiger partial charge in [0.15, 0.2) is 0 Å². The van der Waals surface area contributed by atoms with E-state index in [9.17, 15) is 9.59 Å². The lowest BCUT2D eigenvalue weighted by atomic mass is 9.91. The summed E-state index contributed by atoms with van der Waals surface area (Å²) in [7, 11) is 0. The number of fused-ring (bicyclic) bond motifs is 1. The minimum Gasteiger partial charge on any atom is -0.345 e. The summed E-state index contributed by atoms with van der Waals surface area (Å²) in [5.41, 5.74) is 4.11. The molecule has 2 fully saturated rings. The van der Waals surface area contributed by atoms with Gasteiger partial charge in [0.05, 0.1) is 5.54 Å². The van der Waals surface area contributed by atoms with Crippen molar-refractivity contribution in [3.8, 4) is 0 Å². The quantitative estimate of drug-likeness (QED) is 0.878. The van der Waals surface area contributed by atoms with Crippen molar-refractivity contribution in [1.29, 1.82) is 0 Å². The predicted octanol–water partition coefficient (Wildman–Crippen LogP) is 3.13. The van der Waals surface area contributed by atoms with Gasteiger partial charge in [0.25, 0.3) is 5.91 Å². The zero-order valence-corrected chi connectivity index (χ0v) is 16.7. The number of nitrogens with zero attached hydrogens (tertiary/aromatic N) is 2. The second-order valence-electron chi connectivity index (χ2n) is 8.67. The van der Waals surface area contributed by atoms with Gasteiger partial charge in [0, 0.05) is 43.9 Å². The molecule has 2 amide bonds. The molecule has 0 saturated carbocycles. The number of benzene rings is 2. The largest absolute Gasteiger partial charge is 0.345 e. The fourth-order valence-corrected chi connectivity index (χ4v) is 5.06. The third kappa shape index (κ3) is 3.55. The third-order valence-electron chi connectivity index (χ3n) is 6.67. The minimum atomic E-state index is -0.127. The number of rotatable bonds is 3. The summed E-state index contributed by atoms with van der Waals surface area (Å²) < 4.78 is 0. The Morgan fingerprint density at radius 2 is 1.76 bits per heavy atom. The SMILES string of the molecule is O=C1N[C@@]2(CCc3ccccc31)CCN(Cc1ccc(N3CCCC3=O)cc1)C2. The molecule has 0 bridgehead atoms. The Hall–Kier alpha value is -2.66. The van der Waals surface area contributed by atoms with E-state index in [1.54, 1.807) is 0 Å². The summed E-state index contributed by atoms with van der Waals surface area (Å²) in [6, 6.07) is 16.4. The van der Waals surface area contributed by atoms with Gasteiger partial charge >= 0.3 is 0 Å². The van der Waals surface area contributed by atoms with Gasteiger partial charge < -0.3 is 10.2 Å². The maximum Gasteiger partial charge on any atom is 0.252 e. The van der Waals surface area contributed by atoms with Crippen molar-refractivity contribution in [3.05, 3.63) is 65.2 Å². The minimum absolute atomic E-state index is 0.0691. The first kappa shape index (κ1) is 18.4. The molecule has 1 atom stereocenters. The Kier molecular flexibility index (Phi) is 4.63. The molecule has 3 aliphatic heterocycles. The standard InChI is InChI=1S/C24H27N3O2/c28-22-6-3-14-27(22)20-9-7-18(8-10-20)16-26-15-13-24(17-26)12-11-19-4-1-2-5-21(19)23(29)25-24/h1-2,4-5,7-10H,3,6,11-17H2,(H,25,29)/t24-/m0/s1. The summed E-state index contributed by atoms with van der Waals surface area (Å²) in [6.07, 6.45) is 4.54. The van der Waals surface area contributed by atoms with Crippen LogP contribution in [0.2, 0.25) is 0 Å². The molecule has 2 saturated heterocycles. The number of likely N-dealkylation sites (tertiary alicyclic amines) is 1. The smallest absolute Gasteiger partial charge is 0.252 e. The van der Waals surface area contributed by atoms with Crippen molar-refractivity contribution in [1.82, 2.24) is 10.2 Å². The van der Waals surface area contributed by atoms with Crippen LogP contribution in [0, 0.1) is 0 Å². The molecule has 150 valence electrons. The van der Waals surface area contributed by atoms with Gasteiger partial charge in [0.1, 0.15) is 0 Å². The van der Waals surface area contributed by atoms with E-state index in [0.717, 1.165) is 68.7 Å². The molecule has 5 nitrogen and oxygen atoms in total. The molecule has 2 aromatic rings. The molecule has 3 aliphatic rings. The lowest BCUT2D eigenvalue weighted by Crippen LogP contribution is -2.49. The number of hydrogen-bond donors (Lipinski definition) is 1. The molecule has 5 rings (SSSR count). The van der Waals surface area contributed by atoms with E-state index in [-0.39, 0.29) is 17.4 Å². The predicted molar refractivity (Wildman–Crippen MR) is 113 cm³/mol. The van der Waals surface area contributed by atoms with Gasteiger partial charge in [-0.2, -0.15) is 0 Å². The summed E-state index contributed by atoms with van der Waals surface area (Å²) in [6.45, 7) is 3.58. The second kappa shape index (κ2) is 7.30. The van der Waals surface area contributed by atoms with Gasteiger partial charge in [-0.3, -0.25) is 14.5 Å². The number of anilines is 1. The van der Waals surface area contributed by atoms with E-state index in [4.69, 9.17) is 0 Å². The van der Waals surface area contributed by atoms with Crippen LogP contribution < -0.4 is 10.2 Å². The topological polar surface area (TPSA) is 52.7 Å². The molecule has 1 N–H and O–H groups in total. The average molecular weight is 389 g/mol. The molecule has 5 heteroatoms. The summed E-state index contributed by atoms with van der Waals surface area (Å²) in [5, 5.41) is 3.35. The Balaban J connectivity index is 1.24. The van der Waals surface area contributed by atoms with Gasteiger partial charge in [-0.15, -0.1) is 0 Å². The highest BCUT2D eigenvalue weighted by Crippen LogP contribution is 2.31. The second-order valence-corrected chi connectivity index (χ2v) is 8.67. The first-order valence-corrected chi connectivity index (χ1v) is 10.6. The van der Waals surface area contributed by atoms with E-state index in [0.29, 0.717) is 6.42 Å². The van der Waals surface area contributed by atoms with E-state index in [1.807, 2.05) is 23.1 Å². The van der Waals surface area contributed by atoms with E-state index < -0.39 is 0 Å². The molecule has 0 unspecified atom stereocenters. The maximum absolute atomic E-state index is 12.8. The van der Waals surface area contributed by atoms with Crippen LogP contribution in [0.3, 0.4) is 0 Å². The monoisotopic (exact) mass is 389 g/mol. The number of carbonyl (C=O) groups excluding carboxylic acids is 2. The van der Waals surface area contributed by atoms with Crippen LogP contribution in [0.4, 0.5) is 5.69 Å². The maximum atomic E-state index is 12.8. The third-order valence-corrected chi connectivity index (χ3v) is 6.67. The zero-order valence-electron chi connectivity index (χ0n) is 16.7. The highest BCUT2D eigenvalue weighted by molar-refractivity contribution is 5.96. The van der Waals surface area contributed by atoms with Crippen molar-refractivity contribution < 1.29 is 9.59 Å². The van der Waals surface area contributed by atoms with Crippen LogP contribution in [0.5, 0.6) is 0 Å². The molecule has 2 aromatic carbocycles. The van der Waals surface area contributed by atoms with E-state index >= 15 is 0 Å². The van der Waals surface area contributed by atoms with Gasteiger partial charge in [-0.05, 0) is 55.0 Å². The highest BCUT2D eigenvalue weighted by Gasteiger charge is 2.41. The van der Waals surface area contributed by atoms with Gasteiger partial charge in [-0.1, -0.05) is 30.3 Å². The van der Waals surface area contributed by atoms with Gasteiger partial charge in [-0.25, -0.2) is 0 Å². The lowest BCUT2D eigenvalue weighted by molar-refractivity contribution is -0.117. The van der Waals surface area contributed by atoms with Crippen LogP contribution in [-0.2, 0) is 17.8 Å². The number of aryl methyl sites for hydroxylation is 1. The first-order chi connectivity index (χ1) is 14.1. The van der Waals surface area contributed by atoms with Crippen LogP contribution in [0.15, 0.2) is 48.5 Å².